The predicted molar refractivity (Wildman–Crippen MR) is 164 cm³/mol. The van der Waals surface area contributed by atoms with Crippen molar-refractivity contribution in [2.24, 2.45) is 11.7 Å². The molecule has 1 aliphatic heterocycles. The highest BCUT2D eigenvalue weighted by Crippen LogP contribution is 2.13. The Hall–Kier alpha value is -4.20. The van der Waals surface area contributed by atoms with Gasteiger partial charge in [-0.25, -0.2) is 4.79 Å². The van der Waals surface area contributed by atoms with Gasteiger partial charge in [0.25, 0.3) is 0 Å². The second-order valence-electron chi connectivity index (χ2n) is 11.3. The van der Waals surface area contributed by atoms with E-state index in [0.717, 1.165) is 18.7 Å². The fourth-order valence-electron chi connectivity index (χ4n) is 4.54. The van der Waals surface area contributed by atoms with Gasteiger partial charge in [0.15, 0.2) is 0 Å². The number of nitrogens with zero attached hydrogens (tertiary/aromatic N) is 2. The maximum absolute atomic E-state index is 13.3. The zero-order chi connectivity index (χ0) is 32.6. The van der Waals surface area contributed by atoms with E-state index in [1.54, 1.807) is 38.1 Å². The minimum atomic E-state index is -0.975. The van der Waals surface area contributed by atoms with Crippen LogP contribution in [-0.4, -0.2) is 97.3 Å². The van der Waals surface area contributed by atoms with Crippen LogP contribution in [-0.2, 0) is 35.3 Å². The Labute approximate surface area is 258 Å². The van der Waals surface area contributed by atoms with E-state index in [2.05, 4.69) is 26.2 Å². The molecule has 0 aliphatic carbocycles. The summed E-state index contributed by atoms with van der Waals surface area (Å²) in [5.74, 6) is -2.04. The SMILES string of the molecule is CC(=O)OCc1ccc(NC(=O)C(CCCNC(N)=O)NC(=O)C(NC(=O)CCCC(=O)N2CCN(C)CC2)C(C)C)cc1. The second-order valence-corrected chi connectivity index (χ2v) is 11.3. The first-order chi connectivity index (χ1) is 20.8. The van der Waals surface area contributed by atoms with Crippen LogP contribution >= 0.6 is 0 Å². The average Bonchev–Trinajstić information content (AvgIpc) is 2.96. The average molecular weight is 618 g/mol. The molecule has 14 heteroatoms. The summed E-state index contributed by atoms with van der Waals surface area (Å²) in [7, 11) is 2.01. The number of benzene rings is 1. The molecule has 1 fully saturated rings. The molecule has 1 aromatic rings. The van der Waals surface area contributed by atoms with E-state index in [4.69, 9.17) is 10.5 Å². The van der Waals surface area contributed by atoms with Crippen LogP contribution in [0.2, 0.25) is 0 Å². The van der Waals surface area contributed by atoms with Crippen molar-refractivity contribution >= 4 is 41.3 Å². The number of urea groups is 1. The van der Waals surface area contributed by atoms with Crippen molar-refractivity contribution in [1.82, 2.24) is 25.8 Å². The minimum Gasteiger partial charge on any atom is -0.461 e. The molecule has 44 heavy (non-hydrogen) atoms. The number of anilines is 1. The van der Waals surface area contributed by atoms with E-state index in [1.165, 1.54) is 6.92 Å². The lowest BCUT2D eigenvalue weighted by atomic mass is 10.0. The Bertz CT molecular complexity index is 1140. The van der Waals surface area contributed by atoms with Crippen molar-refractivity contribution in [3.63, 3.8) is 0 Å². The molecule has 1 heterocycles. The maximum Gasteiger partial charge on any atom is 0.312 e. The highest BCUT2D eigenvalue weighted by Gasteiger charge is 2.29. The van der Waals surface area contributed by atoms with E-state index in [-0.39, 0.29) is 50.1 Å². The van der Waals surface area contributed by atoms with Crippen LogP contribution in [0.5, 0.6) is 0 Å². The van der Waals surface area contributed by atoms with Gasteiger partial charge in [-0.1, -0.05) is 26.0 Å². The molecule has 14 nitrogen and oxygen atoms in total. The highest BCUT2D eigenvalue weighted by molar-refractivity contribution is 5.98. The molecule has 2 atom stereocenters. The maximum atomic E-state index is 13.3. The Morgan fingerprint density at radius 1 is 0.909 bits per heavy atom. The van der Waals surface area contributed by atoms with Crippen molar-refractivity contribution in [1.29, 1.82) is 0 Å². The van der Waals surface area contributed by atoms with Gasteiger partial charge in [0.05, 0.1) is 0 Å². The minimum absolute atomic E-state index is 0.0165. The number of ether oxygens (including phenoxy) is 1. The number of nitrogens with one attached hydrogen (secondary N) is 4. The van der Waals surface area contributed by atoms with Crippen molar-refractivity contribution in [3.05, 3.63) is 29.8 Å². The van der Waals surface area contributed by atoms with Gasteiger partial charge in [0, 0.05) is 58.2 Å². The second kappa shape index (κ2) is 18.5. The van der Waals surface area contributed by atoms with Crippen molar-refractivity contribution in [2.45, 2.75) is 71.6 Å². The van der Waals surface area contributed by atoms with Gasteiger partial charge in [0.2, 0.25) is 23.6 Å². The zero-order valence-corrected chi connectivity index (χ0v) is 26.1. The summed E-state index contributed by atoms with van der Waals surface area (Å²) in [4.78, 5) is 77.8. The topological polar surface area (TPSA) is 192 Å². The predicted octanol–water partition coefficient (Wildman–Crippen LogP) is 0.707. The van der Waals surface area contributed by atoms with Gasteiger partial charge in [-0.3, -0.25) is 24.0 Å². The van der Waals surface area contributed by atoms with Gasteiger partial charge in [0.1, 0.15) is 18.7 Å². The van der Waals surface area contributed by atoms with Crippen LogP contribution in [0, 0.1) is 5.92 Å². The van der Waals surface area contributed by atoms with E-state index in [9.17, 15) is 28.8 Å². The van der Waals surface area contributed by atoms with Gasteiger partial charge >= 0.3 is 12.0 Å². The largest absolute Gasteiger partial charge is 0.461 e. The molecule has 6 amide bonds. The van der Waals surface area contributed by atoms with Crippen LogP contribution < -0.4 is 27.0 Å². The number of carbonyl (C=O) groups is 6. The molecule has 0 saturated carbocycles. The first-order valence-corrected chi connectivity index (χ1v) is 15.0. The summed E-state index contributed by atoms with van der Waals surface area (Å²) in [6.07, 6.45) is 1.24. The normalized spacial score (nSPS) is 14.7. The zero-order valence-electron chi connectivity index (χ0n) is 26.1. The van der Waals surface area contributed by atoms with Crippen LogP contribution in [0.25, 0.3) is 0 Å². The molecule has 0 aromatic heterocycles. The summed E-state index contributed by atoms with van der Waals surface area (Å²) in [6.45, 7) is 8.17. The van der Waals surface area contributed by atoms with Crippen LogP contribution in [0.4, 0.5) is 10.5 Å². The van der Waals surface area contributed by atoms with Crippen molar-refractivity contribution in [2.75, 3.05) is 45.1 Å². The summed E-state index contributed by atoms with van der Waals surface area (Å²) in [5.41, 5.74) is 6.33. The first kappa shape index (κ1) is 36.0. The highest BCUT2D eigenvalue weighted by atomic mass is 16.5. The van der Waals surface area contributed by atoms with Crippen LogP contribution in [0.15, 0.2) is 24.3 Å². The summed E-state index contributed by atoms with van der Waals surface area (Å²) < 4.78 is 4.97. The Morgan fingerprint density at radius 2 is 1.57 bits per heavy atom. The molecule has 0 radical (unpaired) electrons. The number of rotatable bonds is 16. The van der Waals surface area contributed by atoms with E-state index >= 15 is 0 Å². The number of esters is 1. The number of amides is 6. The standard InChI is InChI=1S/C30H47N7O7/c1-20(2)27(35-25(39)8-5-9-26(40)37-17-15-36(4)16-18-37)29(42)34-24(7-6-14-32-30(31)43)28(41)33-23-12-10-22(11-13-23)19-44-21(3)38/h10-13,20,24,27H,5-9,14-19H2,1-4H3,(H,33,41)(H,34,42)(H,35,39)(H3,31,32,43). The molecular formula is C30H47N7O7. The number of hydrogen-bond acceptors (Lipinski definition) is 8. The molecular weight excluding hydrogens is 570 g/mol. The fraction of sp³-hybridized carbons (Fsp3) is 0.600. The van der Waals surface area contributed by atoms with Gasteiger partial charge in [-0.2, -0.15) is 0 Å². The Morgan fingerprint density at radius 3 is 2.16 bits per heavy atom. The summed E-state index contributed by atoms with van der Waals surface area (Å²) in [6, 6.07) is 4.12. The summed E-state index contributed by atoms with van der Waals surface area (Å²) in [5, 5.41) is 10.7. The van der Waals surface area contributed by atoms with Gasteiger partial charge in [-0.05, 0) is 49.9 Å². The Balaban J connectivity index is 1.97. The number of nitrogens with two attached hydrogens (primary N) is 1. The summed E-state index contributed by atoms with van der Waals surface area (Å²) >= 11 is 0. The van der Waals surface area contributed by atoms with E-state index < -0.39 is 35.9 Å². The van der Waals surface area contributed by atoms with Crippen molar-refractivity contribution < 1.29 is 33.5 Å². The monoisotopic (exact) mass is 617 g/mol. The van der Waals surface area contributed by atoms with Crippen LogP contribution in [0.1, 0.15) is 58.4 Å². The van der Waals surface area contributed by atoms with Crippen LogP contribution in [0.3, 0.4) is 0 Å². The Kier molecular flexibility index (Phi) is 15.1. The quantitative estimate of drug-likeness (QED) is 0.132. The third-order valence-electron chi connectivity index (χ3n) is 7.18. The third-order valence-corrected chi connectivity index (χ3v) is 7.18. The molecule has 2 rings (SSSR count). The number of likely N-dealkylation sites (N-methyl/N-ethyl adjacent to an activating group) is 1. The fourth-order valence-corrected chi connectivity index (χ4v) is 4.54. The molecule has 244 valence electrons. The number of primary amides is 1. The lowest BCUT2D eigenvalue weighted by Gasteiger charge is -2.32. The smallest absolute Gasteiger partial charge is 0.312 e. The van der Waals surface area contributed by atoms with Crippen molar-refractivity contribution in [3.8, 4) is 0 Å². The molecule has 6 N–H and O–H groups in total. The molecule has 1 saturated heterocycles. The molecule has 0 spiro atoms. The van der Waals surface area contributed by atoms with E-state index in [1.807, 2.05) is 11.9 Å². The number of carbonyl (C=O) groups excluding carboxylic acids is 6. The number of piperazine rings is 1. The first-order valence-electron chi connectivity index (χ1n) is 15.0. The lowest BCUT2D eigenvalue weighted by Crippen LogP contribution is -2.54. The molecule has 1 aliphatic rings. The molecule has 2 unspecified atom stereocenters. The number of hydrogen-bond donors (Lipinski definition) is 5. The van der Waals surface area contributed by atoms with Gasteiger partial charge in [-0.15, -0.1) is 0 Å². The molecule has 1 aromatic carbocycles. The third kappa shape index (κ3) is 13.4. The van der Waals surface area contributed by atoms with Gasteiger partial charge < -0.3 is 41.5 Å². The van der Waals surface area contributed by atoms with E-state index in [0.29, 0.717) is 31.6 Å². The lowest BCUT2D eigenvalue weighted by molar-refractivity contribution is -0.142. The molecule has 0 bridgehead atoms.